The number of aliphatic hydroxyl groups excluding tert-OH is 1. The van der Waals surface area contributed by atoms with Gasteiger partial charge in [0.1, 0.15) is 5.75 Å². The number of rotatable bonds is 6. The predicted octanol–water partition coefficient (Wildman–Crippen LogP) is 5.38. The highest BCUT2D eigenvalue weighted by atomic mass is 32.1. The van der Waals surface area contributed by atoms with Crippen molar-refractivity contribution in [2.24, 2.45) is 0 Å². The quantitative estimate of drug-likeness (QED) is 0.389. The summed E-state index contributed by atoms with van der Waals surface area (Å²) in [5.41, 5.74) is 2.37. The van der Waals surface area contributed by atoms with Crippen LogP contribution in [0.25, 0.3) is 10.2 Å². The van der Waals surface area contributed by atoms with Gasteiger partial charge in [0.2, 0.25) is 5.78 Å². The molecule has 1 aliphatic heterocycles. The molecule has 8 heteroatoms. The number of aryl methyl sites for hydroxylation is 1. The zero-order chi connectivity index (χ0) is 23.1. The Morgan fingerprint density at radius 2 is 2.06 bits per heavy atom. The van der Waals surface area contributed by atoms with Crippen molar-refractivity contribution in [3.8, 4) is 5.75 Å². The second-order valence-corrected chi connectivity index (χ2v) is 8.63. The standard InChI is InChI=1S/C25H20N2O5S/c1-3-31-16-7-4-6-15(13-16)21-20(22(28)18-8-5-11-32-18)23(29)24(30)27(21)25-26-17-10-9-14(2)12-19(17)33-25/h4-13,21,29H,3H2,1-2H3. The van der Waals surface area contributed by atoms with Crippen molar-refractivity contribution in [2.45, 2.75) is 19.9 Å². The summed E-state index contributed by atoms with van der Waals surface area (Å²) in [6, 6.07) is 15.2. The molecule has 0 fully saturated rings. The number of anilines is 1. The highest BCUT2D eigenvalue weighted by molar-refractivity contribution is 7.22. The number of aromatic nitrogens is 1. The first-order chi connectivity index (χ1) is 16.0. The predicted molar refractivity (Wildman–Crippen MR) is 125 cm³/mol. The van der Waals surface area contributed by atoms with E-state index < -0.39 is 23.5 Å². The molecule has 1 atom stereocenters. The maximum absolute atomic E-state index is 13.3. The lowest BCUT2D eigenvalue weighted by Crippen LogP contribution is -2.31. The van der Waals surface area contributed by atoms with Crippen molar-refractivity contribution in [2.75, 3.05) is 11.5 Å². The molecule has 33 heavy (non-hydrogen) atoms. The monoisotopic (exact) mass is 460 g/mol. The lowest BCUT2D eigenvalue weighted by molar-refractivity contribution is -0.117. The summed E-state index contributed by atoms with van der Waals surface area (Å²) < 4.78 is 11.8. The van der Waals surface area contributed by atoms with Crippen LogP contribution in [-0.2, 0) is 4.79 Å². The summed E-state index contributed by atoms with van der Waals surface area (Å²) in [6.45, 7) is 4.32. The topological polar surface area (TPSA) is 92.9 Å². The number of hydrogen-bond donors (Lipinski definition) is 1. The minimum Gasteiger partial charge on any atom is -0.503 e. The van der Waals surface area contributed by atoms with E-state index >= 15 is 0 Å². The summed E-state index contributed by atoms with van der Waals surface area (Å²) in [4.78, 5) is 32.6. The van der Waals surface area contributed by atoms with Crippen molar-refractivity contribution in [3.05, 3.63) is 89.1 Å². The molecule has 4 aromatic rings. The van der Waals surface area contributed by atoms with Gasteiger partial charge < -0.3 is 14.3 Å². The normalized spacial score (nSPS) is 16.1. The number of ketones is 1. The lowest BCUT2D eigenvalue weighted by Gasteiger charge is -2.24. The number of nitrogens with zero attached hydrogens (tertiary/aromatic N) is 2. The summed E-state index contributed by atoms with van der Waals surface area (Å²) in [5.74, 6) is -1.22. The van der Waals surface area contributed by atoms with E-state index in [-0.39, 0.29) is 11.3 Å². The second-order valence-electron chi connectivity index (χ2n) is 7.62. The second kappa shape index (κ2) is 8.22. The zero-order valence-electron chi connectivity index (χ0n) is 17.9. The van der Waals surface area contributed by atoms with Crippen molar-refractivity contribution in [1.29, 1.82) is 0 Å². The van der Waals surface area contributed by atoms with Crippen LogP contribution < -0.4 is 9.64 Å². The van der Waals surface area contributed by atoms with Crippen molar-refractivity contribution in [3.63, 3.8) is 0 Å². The fourth-order valence-electron chi connectivity index (χ4n) is 3.95. The molecule has 2 aromatic carbocycles. The highest BCUT2D eigenvalue weighted by Crippen LogP contribution is 2.44. The molecular weight excluding hydrogens is 440 g/mol. The summed E-state index contributed by atoms with van der Waals surface area (Å²) in [7, 11) is 0. The Morgan fingerprint density at radius 1 is 1.21 bits per heavy atom. The van der Waals surface area contributed by atoms with Crippen LogP contribution in [0.4, 0.5) is 5.13 Å². The zero-order valence-corrected chi connectivity index (χ0v) is 18.8. The number of ether oxygens (including phenoxy) is 1. The number of carbonyl (C=O) groups excluding carboxylic acids is 2. The number of thiazole rings is 1. The van der Waals surface area contributed by atoms with Gasteiger partial charge in [-0.2, -0.15) is 0 Å². The largest absolute Gasteiger partial charge is 0.503 e. The molecular formula is C25H20N2O5S. The van der Waals surface area contributed by atoms with Gasteiger partial charge in [-0.3, -0.25) is 14.5 Å². The molecule has 0 radical (unpaired) electrons. The molecule has 3 heterocycles. The molecule has 7 nitrogen and oxygen atoms in total. The number of carbonyl (C=O) groups is 2. The number of aliphatic hydroxyl groups is 1. The highest BCUT2D eigenvalue weighted by Gasteiger charge is 2.46. The van der Waals surface area contributed by atoms with Gasteiger partial charge in [-0.05, 0) is 61.4 Å². The van der Waals surface area contributed by atoms with E-state index in [0.717, 1.165) is 15.8 Å². The Labute approximate surface area is 193 Å². The first kappa shape index (κ1) is 21.0. The van der Waals surface area contributed by atoms with Crippen LogP contribution in [0.5, 0.6) is 5.75 Å². The molecule has 0 spiro atoms. The Hall–Kier alpha value is -3.91. The van der Waals surface area contributed by atoms with E-state index in [1.807, 2.05) is 32.0 Å². The molecule has 1 aliphatic rings. The van der Waals surface area contributed by atoms with Crippen molar-refractivity contribution in [1.82, 2.24) is 4.98 Å². The molecule has 2 aromatic heterocycles. The third kappa shape index (κ3) is 3.58. The van der Waals surface area contributed by atoms with E-state index in [0.29, 0.717) is 23.1 Å². The van der Waals surface area contributed by atoms with Crippen LogP contribution in [0.3, 0.4) is 0 Å². The van der Waals surface area contributed by atoms with Crippen LogP contribution in [-0.4, -0.2) is 28.4 Å². The lowest BCUT2D eigenvalue weighted by atomic mass is 9.95. The SMILES string of the molecule is CCOc1cccc(C2C(C(=O)c3ccco3)=C(O)C(=O)N2c2nc3ccc(C)cc3s2)c1. The Balaban J connectivity index is 1.68. The van der Waals surface area contributed by atoms with E-state index in [2.05, 4.69) is 4.98 Å². The summed E-state index contributed by atoms with van der Waals surface area (Å²) >= 11 is 1.33. The van der Waals surface area contributed by atoms with E-state index in [9.17, 15) is 14.7 Å². The molecule has 1 unspecified atom stereocenters. The average Bonchev–Trinajstić information content (AvgIpc) is 3.53. The third-order valence-corrected chi connectivity index (χ3v) is 6.44. The number of hydrogen-bond acceptors (Lipinski definition) is 7. The van der Waals surface area contributed by atoms with Gasteiger partial charge in [-0.25, -0.2) is 4.98 Å². The van der Waals surface area contributed by atoms with E-state index in [1.54, 1.807) is 30.3 Å². The molecule has 0 aliphatic carbocycles. The van der Waals surface area contributed by atoms with Gasteiger partial charge in [0.25, 0.3) is 5.91 Å². The number of Topliss-reactive ketones (excluding diaryl/α,β-unsaturated/α-hetero) is 1. The number of benzene rings is 2. The molecule has 0 saturated carbocycles. The minimum absolute atomic E-state index is 0.0390. The van der Waals surface area contributed by atoms with Gasteiger partial charge in [0, 0.05) is 0 Å². The Kier molecular flexibility index (Phi) is 5.22. The van der Waals surface area contributed by atoms with Crippen LogP contribution in [0.1, 0.15) is 34.6 Å². The van der Waals surface area contributed by atoms with Gasteiger partial charge in [0.15, 0.2) is 16.7 Å². The van der Waals surface area contributed by atoms with Gasteiger partial charge in [-0.15, -0.1) is 0 Å². The van der Waals surface area contributed by atoms with Crippen LogP contribution in [0.2, 0.25) is 0 Å². The Bertz CT molecular complexity index is 1400. The van der Waals surface area contributed by atoms with E-state index in [4.69, 9.17) is 9.15 Å². The molecule has 1 N–H and O–H groups in total. The van der Waals surface area contributed by atoms with Gasteiger partial charge >= 0.3 is 0 Å². The number of amides is 1. The summed E-state index contributed by atoms with van der Waals surface area (Å²) in [5, 5.41) is 11.2. The number of fused-ring (bicyclic) bond motifs is 1. The maximum atomic E-state index is 13.3. The van der Waals surface area contributed by atoms with E-state index in [1.165, 1.54) is 28.6 Å². The van der Waals surface area contributed by atoms with Crippen molar-refractivity contribution >= 4 is 38.4 Å². The molecule has 0 bridgehead atoms. The van der Waals surface area contributed by atoms with Crippen molar-refractivity contribution < 1.29 is 23.8 Å². The fraction of sp³-hybridized carbons (Fsp3) is 0.160. The first-order valence-electron chi connectivity index (χ1n) is 10.4. The minimum atomic E-state index is -0.892. The number of furan rings is 1. The van der Waals surface area contributed by atoms with Crippen LogP contribution >= 0.6 is 11.3 Å². The summed E-state index contributed by atoms with van der Waals surface area (Å²) in [6.07, 6.45) is 1.37. The molecule has 0 saturated heterocycles. The first-order valence-corrected chi connectivity index (χ1v) is 11.2. The van der Waals surface area contributed by atoms with Gasteiger partial charge in [0.05, 0.1) is 34.7 Å². The maximum Gasteiger partial charge on any atom is 0.296 e. The van der Waals surface area contributed by atoms with Crippen LogP contribution in [0, 0.1) is 6.92 Å². The van der Waals surface area contributed by atoms with Crippen LogP contribution in [0.15, 0.2) is 76.6 Å². The average molecular weight is 461 g/mol. The third-order valence-electron chi connectivity index (χ3n) is 5.42. The van der Waals surface area contributed by atoms with Gasteiger partial charge in [-0.1, -0.05) is 29.5 Å². The molecule has 166 valence electrons. The molecule has 1 amide bonds. The smallest absolute Gasteiger partial charge is 0.296 e. The fourth-order valence-corrected chi connectivity index (χ4v) is 5.04. The Morgan fingerprint density at radius 3 is 2.82 bits per heavy atom. The molecule has 5 rings (SSSR count).